The minimum absolute atomic E-state index is 0.0638. The lowest BCUT2D eigenvalue weighted by molar-refractivity contribution is -0.149. The van der Waals surface area contributed by atoms with Crippen molar-refractivity contribution in [3.05, 3.63) is 0 Å². The molecule has 0 aromatic carbocycles. The Balaban J connectivity index is 2.26. The van der Waals surface area contributed by atoms with Gasteiger partial charge >= 0.3 is 5.97 Å². The summed E-state index contributed by atoms with van der Waals surface area (Å²) < 4.78 is 5.44. The second kappa shape index (κ2) is 6.21. The highest BCUT2D eigenvalue weighted by Crippen LogP contribution is 2.19. The van der Waals surface area contributed by atoms with Crippen LogP contribution in [0, 0.1) is 5.92 Å². The summed E-state index contributed by atoms with van der Waals surface area (Å²) in [5.41, 5.74) is 0. The van der Waals surface area contributed by atoms with Crippen molar-refractivity contribution in [1.82, 2.24) is 5.32 Å². The topological polar surface area (TPSA) is 58.6 Å². The van der Waals surface area contributed by atoms with Gasteiger partial charge in [0.15, 0.2) is 6.10 Å². The van der Waals surface area contributed by atoms with Gasteiger partial charge in [0.1, 0.15) is 0 Å². The molecule has 3 atom stereocenters. The Morgan fingerprint density at radius 2 is 2.19 bits per heavy atom. The third-order valence-electron chi connectivity index (χ3n) is 3.24. The normalized spacial score (nSPS) is 27.2. The van der Waals surface area contributed by atoms with Gasteiger partial charge in [0, 0.05) is 12.6 Å². The molecule has 3 unspecified atom stereocenters. The molecule has 2 N–H and O–H groups in total. The van der Waals surface area contributed by atoms with E-state index in [0.29, 0.717) is 18.4 Å². The fraction of sp³-hybridized carbons (Fsp3) is 0.917. The van der Waals surface area contributed by atoms with Crippen LogP contribution in [-0.4, -0.2) is 35.9 Å². The molecule has 1 fully saturated rings. The number of carboxylic acid groups (broad SMARTS) is 1. The lowest BCUT2D eigenvalue weighted by Crippen LogP contribution is -2.38. The standard InChI is InChI=1S/C12H23NO3/c1-4-10(8(2)3)13-7-9-5-6-11(16-9)12(14)15/h8-11,13H,4-7H2,1-3H3,(H,14,15). The number of carbonyl (C=O) groups is 1. The molecule has 0 spiro atoms. The molecule has 0 saturated carbocycles. The van der Waals surface area contributed by atoms with Crippen LogP contribution in [-0.2, 0) is 9.53 Å². The van der Waals surface area contributed by atoms with Crippen LogP contribution in [0.15, 0.2) is 0 Å². The highest BCUT2D eigenvalue weighted by Gasteiger charge is 2.30. The Hall–Kier alpha value is -0.610. The minimum atomic E-state index is -0.835. The van der Waals surface area contributed by atoms with Gasteiger partial charge in [-0.3, -0.25) is 0 Å². The summed E-state index contributed by atoms with van der Waals surface area (Å²) in [6.07, 6.45) is 2.05. The maximum Gasteiger partial charge on any atom is 0.332 e. The molecule has 16 heavy (non-hydrogen) atoms. The number of aliphatic carboxylic acids is 1. The zero-order valence-corrected chi connectivity index (χ0v) is 10.4. The van der Waals surface area contributed by atoms with Gasteiger partial charge in [-0.1, -0.05) is 20.8 Å². The van der Waals surface area contributed by atoms with Crippen LogP contribution >= 0.6 is 0 Å². The first-order valence-electron chi connectivity index (χ1n) is 6.16. The van der Waals surface area contributed by atoms with Crippen molar-refractivity contribution >= 4 is 5.97 Å². The number of ether oxygens (including phenoxy) is 1. The number of hydrogen-bond acceptors (Lipinski definition) is 3. The van der Waals surface area contributed by atoms with Gasteiger partial charge in [-0.25, -0.2) is 4.79 Å². The number of nitrogens with one attached hydrogen (secondary N) is 1. The fourth-order valence-corrected chi connectivity index (χ4v) is 2.17. The second-order valence-corrected chi connectivity index (χ2v) is 4.83. The van der Waals surface area contributed by atoms with E-state index in [9.17, 15) is 4.79 Å². The SMILES string of the molecule is CCC(NCC1CCC(C(=O)O)O1)C(C)C. The number of rotatable bonds is 6. The van der Waals surface area contributed by atoms with Crippen LogP contribution in [0.5, 0.6) is 0 Å². The Morgan fingerprint density at radius 1 is 1.50 bits per heavy atom. The summed E-state index contributed by atoms with van der Waals surface area (Å²) in [6.45, 7) is 7.31. The highest BCUT2D eigenvalue weighted by atomic mass is 16.5. The summed E-state index contributed by atoms with van der Waals surface area (Å²) in [5, 5.41) is 12.2. The molecular formula is C12H23NO3. The number of hydrogen-bond donors (Lipinski definition) is 2. The van der Waals surface area contributed by atoms with Crippen molar-refractivity contribution in [3.63, 3.8) is 0 Å². The van der Waals surface area contributed by atoms with Crippen molar-refractivity contribution in [3.8, 4) is 0 Å². The smallest absolute Gasteiger partial charge is 0.332 e. The first kappa shape index (κ1) is 13.5. The lowest BCUT2D eigenvalue weighted by atomic mass is 10.0. The van der Waals surface area contributed by atoms with E-state index in [0.717, 1.165) is 19.4 Å². The molecule has 94 valence electrons. The molecule has 0 aliphatic carbocycles. The van der Waals surface area contributed by atoms with Gasteiger partial charge in [-0.2, -0.15) is 0 Å². The summed E-state index contributed by atoms with van der Waals surface area (Å²) in [6, 6.07) is 0.493. The molecule has 0 radical (unpaired) electrons. The first-order valence-corrected chi connectivity index (χ1v) is 6.16. The van der Waals surface area contributed by atoms with Gasteiger partial charge in [-0.05, 0) is 25.2 Å². The van der Waals surface area contributed by atoms with Crippen molar-refractivity contribution in [2.75, 3.05) is 6.54 Å². The van der Waals surface area contributed by atoms with E-state index in [4.69, 9.17) is 9.84 Å². The van der Waals surface area contributed by atoms with Crippen molar-refractivity contribution < 1.29 is 14.6 Å². The molecule has 0 aromatic heterocycles. The molecule has 1 rings (SSSR count). The Kier molecular flexibility index (Phi) is 5.22. The molecule has 0 bridgehead atoms. The molecular weight excluding hydrogens is 206 g/mol. The van der Waals surface area contributed by atoms with Crippen molar-refractivity contribution in [1.29, 1.82) is 0 Å². The molecule has 1 saturated heterocycles. The molecule has 4 nitrogen and oxygen atoms in total. The fourth-order valence-electron chi connectivity index (χ4n) is 2.17. The van der Waals surface area contributed by atoms with Gasteiger partial charge in [0.2, 0.25) is 0 Å². The molecule has 0 amide bonds. The van der Waals surface area contributed by atoms with Crippen molar-refractivity contribution in [2.45, 2.75) is 58.3 Å². The van der Waals surface area contributed by atoms with E-state index in [1.165, 1.54) is 0 Å². The summed E-state index contributed by atoms with van der Waals surface area (Å²) in [4.78, 5) is 10.7. The Labute approximate surface area is 97.4 Å². The molecule has 0 aromatic rings. The molecule has 4 heteroatoms. The maximum absolute atomic E-state index is 10.7. The molecule has 1 heterocycles. The van der Waals surface area contributed by atoms with Gasteiger partial charge in [-0.15, -0.1) is 0 Å². The van der Waals surface area contributed by atoms with Crippen LogP contribution in [0.4, 0.5) is 0 Å². The van der Waals surface area contributed by atoms with Crippen molar-refractivity contribution in [2.24, 2.45) is 5.92 Å². The van der Waals surface area contributed by atoms with Gasteiger partial charge in [0.25, 0.3) is 0 Å². The van der Waals surface area contributed by atoms with E-state index in [1.54, 1.807) is 0 Å². The van der Waals surface area contributed by atoms with Crippen LogP contribution < -0.4 is 5.32 Å². The van der Waals surface area contributed by atoms with Crippen LogP contribution in [0.2, 0.25) is 0 Å². The summed E-state index contributed by atoms with van der Waals surface area (Å²) in [5.74, 6) is -0.236. The van der Waals surface area contributed by atoms with Gasteiger partial charge < -0.3 is 15.2 Å². The lowest BCUT2D eigenvalue weighted by Gasteiger charge is -2.22. The first-order chi connectivity index (χ1) is 7.54. The van der Waals surface area contributed by atoms with E-state index >= 15 is 0 Å². The minimum Gasteiger partial charge on any atom is -0.479 e. The average Bonchev–Trinajstić information content (AvgIpc) is 2.67. The molecule has 1 aliphatic rings. The predicted octanol–water partition coefficient (Wildman–Crippen LogP) is 1.64. The zero-order valence-electron chi connectivity index (χ0n) is 10.4. The van der Waals surface area contributed by atoms with E-state index in [2.05, 4.69) is 26.1 Å². The third kappa shape index (κ3) is 3.76. The molecule has 1 aliphatic heterocycles. The van der Waals surface area contributed by atoms with Gasteiger partial charge in [0.05, 0.1) is 6.10 Å². The largest absolute Gasteiger partial charge is 0.479 e. The van der Waals surface area contributed by atoms with Crippen LogP contribution in [0.1, 0.15) is 40.0 Å². The third-order valence-corrected chi connectivity index (χ3v) is 3.24. The monoisotopic (exact) mass is 229 g/mol. The van der Waals surface area contributed by atoms with Crippen LogP contribution in [0.3, 0.4) is 0 Å². The highest BCUT2D eigenvalue weighted by molar-refractivity contribution is 5.72. The summed E-state index contributed by atoms with van der Waals surface area (Å²) >= 11 is 0. The second-order valence-electron chi connectivity index (χ2n) is 4.83. The Morgan fingerprint density at radius 3 is 2.62 bits per heavy atom. The van der Waals surface area contributed by atoms with E-state index in [-0.39, 0.29) is 6.10 Å². The predicted molar refractivity (Wildman–Crippen MR) is 62.5 cm³/mol. The zero-order chi connectivity index (χ0) is 12.1. The summed E-state index contributed by atoms with van der Waals surface area (Å²) in [7, 11) is 0. The quantitative estimate of drug-likeness (QED) is 0.727. The van der Waals surface area contributed by atoms with E-state index in [1.807, 2.05) is 0 Å². The average molecular weight is 229 g/mol. The number of carboxylic acids is 1. The van der Waals surface area contributed by atoms with E-state index < -0.39 is 12.1 Å². The van der Waals surface area contributed by atoms with Crippen LogP contribution in [0.25, 0.3) is 0 Å². The Bertz CT molecular complexity index is 230. The maximum atomic E-state index is 10.7.